The number of amides is 1. The van der Waals surface area contributed by atoms with Gasteiger partial charge in [-0.15, -0.1) is 0 Å². The number of aromatic nitrogens is 1. The number of nitrogens with zero attached hydrogens (tertiary/aromatic N) is 3. The number of anilines is 2. The molecule has 1 amide bonds. The molecule has 35 heavy (non-hydrogen) atoms. The first-order chi connectivity index (χ1) is 16.8. The highest BCUT2D eigenvalue weighted by molar-refractivity contribution is 6.30. The molecule has 0 aliphatic carbocycles. The van der Waals surface area contributed by atoms with Crippen LogP contribution in [0.4, 0.5) is 24.7 Å². The van der Waals surface area contributed by atoms with Crippen molar-refractivity contribution in [2.24, 2.45) is 0 Å². The van der Waals surface area contributed by atoms with Gasteiger partial charge in [0.25, 0.3) is 0 Å². The molecule has 1 fully saturated rings. The van der Waals surface area contributed by atoms with Crippen LogP contribution in [0.25, 0.3) is 0 Å². The molecule has 1 saturated heterocycles. The van der Waals surface area contributed by atoms with Crippen LogP contribution in [0, 0.1) is 0 Å². The number of nitrogens with one attached hydrogen (secondary N) is 2. The molecule has 2 heterocycles. The van der Waals surface area contributed by atoms with Crippen molar-refractivity contribution in [1.29, 1.82) is 0 Å². The highest BCUT2D eigenvalue weighted by atomic mass is 35.5. The maximum Gasteiger partial charge on any atom is 0.417 e. The van der Waals surface area contributed by atoms with Gasteiger partial charge in [0.15, 0.2) is 0 Å². The van der Waals surface area contributed by atoms with E-state index in [1.54, 1.807) is 0 Å². The number of carbonyl (C=O) groups excluding carboxylic acids is 1. The number of benzene rings is 1. The van der Waals surface area contributed by atoms with E-state index in [1.165, 1.54) is 6.07 Å². The zero-order valence-electron chi connectivity index (χ0n) is 20.0. The average Bonchev–Trinajstić information content (AvgIpc) is 2.83. The molecule has 10 heteroatoms. The number of alkyl halides is 3. The largest absolute Gasteiger partial charge is 0.417 e. The van der Waals surface area contributed by atoms with Crippen molar-refractivity contribution in [3.8, 4) is 0 Å². The van der Waals surface area contributed by atoms with Crippen LogP contribution >= 0.6 is 11.6 Å². The van der Waals surface area contributed by atoms with Crippen LogP contribution in [0.15, 0.2) is 42.6 Å². The minimum atomic E-state index is -4.38. The van der Waals surface area contributed by atoms with Crippen LogP contribution in [0.3, 0.4) is 0 Å². The van der Waals surface area contributed by atoms with E-state index in [0.717, 1.165) is 68.4 Å². The smallest absolute Gasteiger partial charge is 0.370 e. The lowest BCUT2D eigenvalue weighted by atomic mass is 10.0. The zero-order valence-corrected chi connectivity index (χ0v) is 20.7. The first kappa shape index (κ1) is 27.1. The van der Waals surface area contributed by atoms with E-state index >= 15 is 0 Å². The van der Waals surface area contributed by atoms with Crippen molar-refractivity contribution < 1.29 is 18.0 Å². The Kier molecular flexibility index (Phi) is 10.0. The van der Waals surface area contributed by atoms with E-state index in [-0.39, 0.29) is 11.9 Å². The fourth-order valence-corrected chi connectivity index (χ4v) is 4.33. The Morgan fingerprint density at radius 3 is 2.60 bits per heavy atom. The van der Waals surface area contributed by atoms with Gasteiger partial charge in [-0.1, -0.05) is 17.7 Å². The van der Waals surface area contributed by atoms with E-state index in [2.05, 4.69) is 27.4 Å². The van der Waals surface area contributed by atoms with Crippen LogP contribution in [0.5, 0.6) is 0 Å². The lowest BCUT2D eigenvalue weighted by Crippen LogP contribution is -2.45. The normalized spacial score (nSPS) is 14.7. The summed E-state index contributed by atoms with van der Waals surface area (Å²) in [5, 5.41) is 7.20. The molecule has 2 N–H and O–H groups in total. The third-order valence-electron chi connectivity index (χ3n) is 6.13. The average molecular weight is 512 g/mol. The van der Waals surface area contributed by atoms with E-state index in [9.17, 15) is 18.0 Å². The second-order valence-corrected chi connectivity index (χ2v) is 9.08. The predicted molar refractivity (Wildman–Crippen MR) is 134 cm³/mol. The van der Waals surface area contributed by atoms with Crippen LogP contribution in [0.2, 0.25) is 5.02 Å². The Labute approximate surface area is 209 Å². The first-order valence-electron chi connectivity index (χ1n) is 12.0. The van der Waals surface area contributed by atoms with Crippen molar-refractivity contribution in [1.82, 2.24) is 15.6 Å². The van der Waals surface area contributed by atoms with Crippen molar-refractivity contribution in [2.45, 2.75) is 44.8 Å². The summed E-state index contributed by atoms with van der Waals surface area (Å²) in [5.74, 6) is 0.567. The Balaban J connectivity index is 1.28. The topological polar surface area (TPSA) is 60.5 Å². The second kappa shape index (κ2) is 13.0. The molecule has 0 bridgehead atoms. The Hall–Kier alpha value is -2.52. The first-order valence-corrected chi connectivity index (χ1v) is 12.4. The van der Waals surface area contributed by atoms with Gasteiger partial charge in [-0.05, 0) is 63.1 Å². The SMILES string of the molecule is CCN(CCNCCCC(=O)NC1CCN(c2ccc(C(F)(F)F)cn2)CC1)c1cccc(Cl)c1. The molecule has 2 aromatic rings. The number of halogens is 4. The molecule has 1 aliphatic heterocycles. The quantitative estimate of drug-likeness (QED) is 0.427. The molecule has 1 aromatic heterocycles. The predicted octanol–water partition coefficient (Wildman–Crippen LogP) is 4.74. The van der Waals surface area contributed by atoms with Crippen LogP contribution in [-0.4, -0.2) is 56.2 Å². The molecule has 6 nitrogen and oxygen atoms in total. The minimum Gasteiger partial charge on any atom is -0.370 e. The van der Waals surface area contributed by atoms with Gasteiger partial charge < -0.3 is 20.4 Å². The third kappa shape index (κ3) is 8.58. The fraction of sp³-hybridized carbons (Fsp3) is 0.520. The summed E-state index contributed by atoms with van der Waals surface area (Å²) in [6.07, 6.45) is -0.825. The summed E-state index contributed by atoms with van der Waals surface area (Å²) in [6, 6.07) is 10.4. The van der Waals surface area contributed by atoms with E-state index in [4.69, 9.17) is 11.6 Å². The standard InChI is InChI=1S/C25H33ClF3N5O/c1-2-33(22-6-3-5-20(26)17-22)16-13-30-12-4-7-24(35)32-21-10-14-34(15-11-21)23-9-8-19(18-31-23)25(27,28)29/h3,5-6,8-9,17-18,21,30H,2,4,7,10-16H2,1H3,(H,32,35). The lowest BCUT2D eigenvalue weighted by molar-refractivity contribution is -0.137. The number of piperidine rings is 1. The highest BCUT2D eigenvalue weighted by Crippen LogP contribution is 2.29. The maximum atomic E-state index is 12.7. The maximum absolute atomic E-state index is 12.7. The number of rotatable bonds is 11. The molecule has 192 valence electrons. The Bertz CT molecular complexity index is 933. The fourth-order valence-electron chi connectivity index (χ4n) is 4.15. The van der Waals surface area contributed by atoms with Gasteiger partial charge in [0.2, 0.25) is 5.91 Å². The molecule has 0 saturated carbocycles. The van der Waals surface area contributed by atoms with Gasteiger partial charge in [-0.25, -0.2) is 4.98 Å². The van der Waals surface area contributed by atoms with Crippen LogP contribution in [-0.2, 0) is 11.0 Å². The third-order valence-corrected chi connectivity index (χ3v) is 6.37. The highest BCUT2D eigenvalue weighted by Gasteiger charge is 2.31. The van der Waals surface area contributed by atoms with Gasteiger partial charge in [-0.3, -0.25) is 4.79 Å². The van der Waals surface area contributed by atoms with Gasteiger partial charge in [-0.2, -0.15) is 13.2 Å². The molecule has 0 unspecified atom stereocenters. The van der Waals surface area contributed by atoms with Crippen molar-refractivity contribution in [3.05, 3.63) is 53.2 Å². The summed E-state index contributed by atoms with van der Waals surface area (Å²) in [6.45, 7) is 6.72. The number of pyridine rings is 1. The lowest BCUT2D eigenvalue weighted by Gasteiger charge is -2.33. The number of carbonyl (C=O) groups is 1. The molecule has 1 aromatic carbocycles. The van der Waals surface area contributed by atoms with Crippen molar-refractivity contribution in [2.75, 3.05) is 49.1 Å². The summed E-state index contributed by atoms with van der Waals surface area (Å²) < 4.78 is 38.1. The number of hydrogen-bond donors (Lipinski definition) is 2. The Morgan fingerprint density at radius 2 is 1.97 bits per heavy atom. The number of hydrogen-bond acceptors (Lipinski definition) is 5. The van der Waals surface area contributed by atoms with Gasteiger partial charge in [0.05, 0.1) is 5.56 Å². The minimum absolute atomic E-state index is 0.0343. The van der Waals surface area contributed by atoms with Crippen molar-refractivity contribution in [3.63, 3.8) is 0 Å². The summed E-state index contributed by atoms with van der Waals surface area (Å²) in [7, 11) is 0. The summed E-state index contributed by atoms with van der Waals surface area (Å²) in [4.78, 5) is 20.5. The molecule has 0 atom stereocenters. The molecule has 0 radical (unpaired) electrons. The molecular weight excluding hydrogens is 479 g/mol. The monoisotopic (exact) mass is 511 g/mol. The number of likely N-dealkylation sites (N-methyl/N-ethyl adjacent to an activating group) is 1. The Morgan fingerprint density at radius 1 is 1.20 bits per heavy atom. The van der Waals surface area contributed by atoms with Crippen LogP contribution in [0.1, 0.15) is 38.2 Å². The van der Waals surface area contributed by atoms with E-state index < -0.39 is 11.7 Å². The summed E-state index contributed by atoms with van der Waals surface area (Å²) >= 11 is 6.08. The summed E-state index contributed by atoms with van der Waals surface area (Å²) in [5.41, 5.74) is 0.350. The van der Waals surface area contributed by atoms with Gasteiger partial charge in [0.1, 0.15) is 5.82 Å². The van der Waals surface area contributed by atoms with Crippen LogP contribution < -0.4 is 20.4 Å². The molecule has 0 spiro atoms. The zero-order chi connectivity index (χ0) is 25.3. The molecule has 1 aliphatic rings. The van der Waals surface area contributed by atoms with Crippen molar-refractivity contribution >= 4 is 29.0 Å². The second-order valence-electron chi connectivity index (χ2n) is 8.64. The van der Waals surface area contributed by atoms with E-state index in [1.807, 2.05) is 29.2 Å². The van der Waals surface area contributed by atoms with Gasteiger partial charge >= 0.3 is 6.18 Å². The molecular formula is C25H33ClF3N5O. The van der Waals surface area contributed by atoms with E-state index in [0.29, 0.717) is 25.3 Å². The van der Waals surface area contributed by atoms with Gasteiger partial charge in [0, 0.05) is 62.1 Å². The molecule has 3 rings (SSSR count).